The zero-order chi connectivity index (χ0) is 18.8. The highest BCUT2D eigenvalue weighted by atomic mass is 32.2. The van der Waals surface area contributed by atoms with Crippen molar-refractivity contribution in [3.8, 4) is 5.75 Å². The molecule has 0 aliphatic carbocycles. The molecule has 1 amide bonds. The van der Waals surface area contributed by atoms with Gasteiger partial charge < -0.3 is 9.64 Å². The van der Waals surface area contributed by atoms with Crippen LogP contribution in [0.15, 0.2) is 17.0 Å². The van der Waals surface area contributed by atoms with Crippen LogP contribution in [-0.4, -0.2) is 56.8 Å². The Morgan fingerprint density at radius 3 is 2.36 bits per heavy atom. The quantitative estimate of drug-likeness (QED) is 0.817. The van der Waals surface area contributed by atoms with Crippen LogP contribution in [-0.2, 0) is 14.8 Å². The lowest BCUT2D eigenvalue weighted by Gasteiger charge is -2.24. The summed E-state index contributed by atoms with van der Waals surface area (Å²) in [5.74, 6) is 0.686. The summed E-state index contributed by atoms with van der Waals surface area (Å²) in [7, 11) is -2.02. The number of nitrogens with zero attached hydrogens (tertiary/aromatic N) is 2. The second-order valence-corrected chi connectivity index (χ2v) is 8.73. The zero-order valence-corrected chi connectivity index (χ0v) is 16.5. The number of ether oxygens (including phenoxy) is 1. The van der Waals surface area contributed by atoms with E-state index in [9.17, 15) is 13.2 Å². The molecule has 0 saturated carbocycles. The molecule has 0 spiro atoms. The third kappa shape index (κ3) is 4.15. The minimum absolute atomic E-state index is 0.0744. The van der Waals surface area contributed by atoms with E-state index in [2.05, 4.69) is 0 Å². The number of carbonyl (C=O) groups is 1. The average Bonchev–Trinajstić information content (AvgIpc) is 2.82. The highest BCUT2D eigenvalue weighted by molar-refractivity contribution is 7.89. The Morgan fingerprint density at radius 1 is 1.08 bits per heavy atom. The number of sulfonamides is 1. The molecule has 2 rings (SSSR count). The smallest absolute Gasteiger partial charge is 0.243 e. The average molecular weight is 368 g/mol. The van der Waals surface area contributed by atoms with Gasteiger partial charge in [-0.05, 0) is 43.5 Å². The molecule has 1 aliphatic rings. The van der Waals surface area contributed by atoms with E-state index in [4.69, 9.17) is 4.74 Å². The molecule has 1 heterocycles. The van der Waals surface area contributed by atoms with Gasteiger partial charge in [0.1, 0.15) is 5.75 Å². The van der Waals surface area contributed by atoms with Crippen LogP contribution in [0.1, 0.15) is 31.4 Å². The van der Waals surface area contributed by atoms with Crippen LogP contribution < -0.4 is 4.74 Å². The Kier molecular flexibility index (Phi) is 6.11. The fourth-order valence-electron chi connectivity index (χ4n) is 3.12. The molecular weight excluding hydrogens is 340 g/mol. The molecule has 1 saturated heterocycles. The van der Waals surface area contributed by atoms with Crippen LogP contribution in [0, 0.1) is 19.8 Å². The Morgan fingerprint density at radius 2 is 1.76 bits per heavy atom. The van der Waals surface area contributed by atoms with Crippen LogP contribution in [0.4, 0.5) is 0 Å². The lowest BCUT2D eigenvalue weighted by atomic mass is 10.1. The monoisotopic (exact) mass is 368 g/mol. The van der Waals surface area contributed by atoms with Crippen molar-refractivity contribution in [1.82, 2.24) is 9.21 Å². The van der Waals surface area contributed by atoms with Crippen LogP contribution in [0.25, 0.3) is 0 Å². The SMILES string of the molecule is COc1cc(C)c(S(=O)(=O)N2CCCN(C(=O)C(C)C)CC2)cc1C. The summed E-state index contributed by atoms with van der Waals surface area (Å²) in [6.45, 7) is 9.13. The molecular formula is C18H28N2O4S. The number of aryl methyl sites for hydroxylation is 2. The second kappa shape index (κ2) is 7.74. The van der Waals surface area contributed by atoms with E-state index in [0.717, 1.165) is 5.56 Å². The largest absolute Gasteiger partial charge is 0.496 e. The summed E-state index contributed by atoms with van der Waals surface area (Å²) in [4.78, 5) is 14.3. The molecule has 0 unspecified atom stereocenters. The predicted molar refractivity (Wildman–Crippen MR) is 97.3 cm³/mol. The summed E-state index contributed by atoms with van der Waals surface area (Å²) in [6.07, 6.45) is 0.645. The first-order valence-electron chi connectivity index (χ1n) is 8.62. The maximum Gasteiger partial charge on any atom is 0.243 e. The first-order valence-corrected chi connectivity index (χ1v) is 10.1. The molecule has 0 aromatic heterocycles. The van der Waals surface area contributed by atoms with Gasteiger partial charge in [0.2, 0.25) is 15.9 Å². The van der Waals surface area contributed by atoms with Crippen molar-refractivity contribution in [1.29, 1.82) is 0 Å². The van der Waals surface area contributed by atoms with Gasteiger partial charge in [0.15, 0.2) is 0 Å². The van der Waals surface area contributed by atoms with Gasteiger partial charge in [-0.15, -0.1) is 0 Å². The number of benzene rings is 1. The Bertz CT molecular complexity index is 744. The molecule has 1 aromatic carbocycles. The van der Waals surface area contributed by atoms with Gasteiger partial charge in [0, 0.05) is 32.1 Å². The van der Waals surface area contributed by atoms with Gasteiger partial charge in [-0.25, -0.2) is 8.42 Å². The van der Waals surface area contributed by atoms with E-state index in [0.29, 0.717) is 48.8 Å². The summed E-state index contributed by atoms with van der Waals surface area (Å²) in [6, 6.07) is 3.43. The fraction of sp³-hybridized carbons (Fsp3) is 0.611. The fourth-order valence-corrected chi connectivity index (χ4v) is 4.88. The second-order valence-electron chi connectivity index (χ2n) is 6.82. The summed E-state index contributed by atoms with van der Waals surface area (Å²) in [5, 5.41) is 0. The first-order chi connectivity index (χ1) is 11.7. The third-order valence-electron chi connectivity index (χ3n) is 4.57. The first kappa shape index (κ1) is 19.7. The highest BCUT2D eigenvalue weighted by Gasteiger charge is 2.30. The van der Waals surface area contributed by atoms with E-state index in [1.165, 1.54) is 4.31 Å². The van der Waals surface area contributed by atoms with Gasteiger partial charge in [0.25, 0.3) is 0 Å². The van der Waals surface area contributed by atoms with Crippen molar-refractivity contribution in [3.63, 3.8) is 0 Å². The van der Waals surface area contributed by atoms with Gasteiger partial charge in [-0.3, -0.25) is 4.79 Å². The van der Waals surface area contributed by atoms with Crippen molar-refractivity contribution in [2.75, 3.05) is 33.3 Å². The van der Waals surface area contributed by atoms with Gasteiger partial charge in [-0.1, -0.05) is 13.8 Å². The van der Waals surface area contributed by atoms with Crippen LogP contribution in [0.3, 0.4) is 0 Å². The zero-order valence-electron chi connectivity index (χ0n) is 15.7. The Balaban J connectivity index is 2.26. The maximum atomic E-state index is 13.1. The molecule has 0 radical (unpaired) electrons. The topological polar surface area (TPSA) is 66.9 Å². The molecule has 1 fully saturated rings. The maximum absolute atomic E-state index is 13.1. The molecule has 6 nitrogen and oxygen atoms in total. The Labute approximate surface area is 150 Å². The number of hydrogen-bond acceptors (Lipinski definition) is 4. The molecule has 140 valence electrons. The standard InChI is InChI=1S/C18H28N2O4S/c1-13(2)18(21)19-7-6-8-20(10-9-19)25(22,23)17-12-14(3)16(24-5)11-15(17)4/h11-13H,6-10H2,1-5H3. The van der Waals surface area contributed by atoms with E-state index in [1.807, 2.05) is 20.8 Å². The van der Waals surface area contributed by atoms with Crippen molar-refractivity contribution in [2.45, 2.75) is 39.0 Å². The van der Waals surface area contributed by atoms with Crippen molar-refractivity contribution < 1.29 is 17.9 Å². The van der Waals surface area contributed by atoms with Crippen LogP contribution >= 0.6 is 0 Å². The Hall–Kier alpha value is -1.60. The normalized spacial score (nSPS) is 16.8. The number of amides is 1. The summed E-state index contributed by atoms with van der Waals surface area (Å²) >= 11 is 0. The summed E-state index contributed by atoms with van der Waals surface area (Å²) < 4.78 is 33.0. The molecule has 0 N–H and O–H groups in total. The molecule has 1 aliphatic heterocycles. The number of methoxy groups -OCH3 is 1. The van der Waals surface area contributed by atoms with Gasteiger partial charge >= 0.3 is 0 Å². The lowest BCUT2D eigenvalue weighted by Crippen LogP contribution is -2.39. The van der Waals surface area contributed by atoms with Gasteiger partial charge in [-0.2, -0.15) is 4.31 Å². The van der Waals surface area contributed by atoms with Crippen LogP contribution in [0.5, 0.6) is 5.75 Å². The number of rotatable bonds is 4. The number of carbonyl (C=O) groups excluding carboxylic acids is 1. The van der Waals surface area contributed by atoms with E-state index < -0.39 is 10.0 Å². The van der Waals surface area contributed by atoms with Gasteiger partial charge in [0.05, 0.1) is 12.0 Å². The van der Waals surface area contributed by atoms with E-state index >= 15 is 0 Å². The third-order valence-corrected chi connectivity index (χ3v) is 6.61. The van der Waals surface area contributed by atoms with Crippen LogP contribution in [0.2, 0.25) is 0 Å². The molecule has 0 atom stereocenters. The summed E-state index contributed by atoms with van der Waals surface area (Å²) in [5.41, 5.74) is 1.46. The van der Waals surface area contributed by atoms with Crippen molar-refractivity contribution >= 4 is 15.9 Å². The molecule has 0 bridgehead atoms. The predicted octanol–water partition coefficient (Wildman–Crippen LogP) is 2.19. The number of hydrogen-bond donors (Lipinski definition) is 0. The molecule has 7 heteroatoms. The van der Waals surface area contributed by atoms with E-state index in [1.54, 1.807) is 31.1 Å². The van der Waals surface area contributed by atoms with E-state index in [-0.39, 0.29) is 11.8 Å². The minimum atomic E-state index is -3.59. The van der Waals surface area contributed by atoms with Crippen molar-refractivity contribution in [3.05, 3.63) is 23.3 Å². The molecule has 1 aromatic rings. The highest BCUT2D eigenvalue weighted by Crippen LogP contribution is 2.28. The lowest BCUT2D eigenvalue weighted by molar-refractivity contribution is -0.134. The van der Waals surface area contributed by atoms with Crippen molar-refractivity contribution in [2.24, 2.45) is 5.92 Å². The molecule has 25 heavy (non-hydrogen) atoms. The minimum Gasteiger partial charge on any atom is -0.496 e.